The van der Waals surface area contributed by atoms with Crippen LogP contribution in [0.2, 0.25) is 0 Å². The Labute approximate surface area is 112 Å². The molecule has 0 saturated carbocycles. The Morgan fingerprint density at radius 2 is 2.11 bits per heavy atom. The fourth-order valence-electron chi connectivity index (χ4n) is 2.13. The van der Waals surface area contributed by atoms with Gasteiger partial charge in [0.1, 0.15) is 0 Å². The third-order valence-corrected chi connectivity index (χ3v) is 3.39. The standard InChI is InChI=1S/C12H17N3O2S/c1-9-3-2-4-10(15(18)12(13)16)11(9)14-5-7-17-8-6-14/h2-4,18H,5-8H2,1H3,(H2,13,16). The predicted molar refractivity (Wildman–Crippen MR) is 75.3 cm³/mol. The number of para-hydroxylation sites is 1. The zero-order valence-electron chi connectivity index (χ0n) is 10.3. The van der Waals surface area contributed by atoms with Gasteiger partial charge in [0.05, 0.1) is 24.6 Å². The van der Waals surface area contributed by atoms with Crippen LogP contribution < -0.4 is 14.9 Å². The van der Waals surface area contributed by atoms with Crippen LogP contribution in [0.1, 0.15) is 5.56 Å². The quantitative estimate of drug-likeness (QED) is 0.800. The Kier molecular flexibility index (Phi) is 3.98. The number of hydrogen-bond acceptors (Lipinski definition) is 4. The lowest BCUT2D eigenvalue weighted by atomic mass is 10.1. The largest absolute Gasteiger partial charge is 0.378 e. The second-order valence-corrected chi connectivity index (χ2v) is 4.59. The molecule has 1 fully saturated rings. The van der Waals surface area contributed by atoms with Crippen LogP contribution in [0.25, 0.3) is 0 Å². The van der Waals surface area contributed by atoms with E-state index in [9.17, 15) is 4.79 Å². The number of urea groups is 1. The molecule has 18 heavy (non-hydrogen) atoms. The van der Waals surface area contributed by atoms with Crippen LogP contribution in [-0.4, -0.2) is 32.3 Å². The van der Waals surface area contributed by atoms with E-state index in [1.807, 2.05) is 25.1 Å². The molecule has 0 aromatic heterocycles. The van der Waals surface area contributed by atoms with Gasteiger partial charge in [-0.05, 0) is 18.6 Å². The number of amides is 2. The Hall–Kier alpha value is -1.40. The lowest BCUT2D eigenvalue weighted by Gasteiger charge is -2.33. The van der Waals surface area contributed by atoms with Gasteiger partial charge in [-0.1, -0.05) is 24.9 Å². The van der Waals surface area contributed by atoms with Crippen molar-refractivity contribution in [2.24, 2.45) is 5.73 Å². The summed E-state index contributed by atoms with van der Waals surface area (Å²) in [5.41, 5.74) is 8.09. The number of morpholine rings is 1. The molecule has 0 radical (unpaired) electrons. The van der Waals surface area contributed by atoms with Crippen molar-refractivity contribution in [2.45, 2.75) is 6.92 Å². The first-order valence-electron chi connectivity index (χ1n) is 5.82. The number of aryl methyl sites for hydroxylation is 1. The van der Waals surface area contributed by atoms with Crippen LogP contribution in [0.15, 0.2) is 18.2 Å². The summed E-state index contributed by atoms with van der Waals surface area (Å²) in [6.45, 7) is 5.00. The fourth-order valence-corrected chi connectivity index (χ4v) is 2.29. The zero-order valence-corrected chi connectivity index (χ0v) is 11.2. The van der Waals surface area contributed by atoms with Crippen molar-refractivity contribution in [3.05, 3.63) is 23.8 Å². The molecule has 0 atom stereocenters. The van der Waals surface area contributed by atoms with Gasteiger partial charge in [0.15, 0.2) is 0 Å². The number of nitrogens with two attached hydrogens (primary N) is 1. The minimum atomic E-state index is -0.585. The SMILES string of the molecule is Cc1cccc(N(S)C(N)=O)c1N1CCOCC1. The smallest absolute Gasteiger partial charge is 0.329 e. The van der Waals surface area contributed by atoms with Crippen molar-refractivity contribution in [1.82, 2.24) is 0 Å². The highest BCUT2D eigenvalue weighted by Crippen LogP contribution is 2.34. The van der Waals surface area contributed by atoms with Gasteiger partial charge >= 0.3 is 6.03 Å². The molecular formula is C12H17N3O2S. The van der Waals surface area contributed by atoms with Crippen molar-refractivity contribution in [3.8, 4) is 0 Å². The van der Waals surface area contributed by atoms with Gasteiger partial charge in [-0.3, -0.25) is 0 Å². The fraction of sp³-hybridized carbons (Fsp3) is 0.417. The summed E-state index contributed by atoms with van der Waals surface area (Å²) in [6, 6.07) is 5.16. The lowest BCUT2D eigenvalue weighted by molar-refractivity contribution is 0.122. The van der Waals surface area contributed by atoms with Gasteiger partial charge < -0.3 is 15.4 Å². The highest BCUT2D eigenvalue weighted by atomic mass is 32.1. The van der Waals surface area contributed by atoms with E-state index in [0.29, 0.717) is 18.9 Å². The van der Waals surface area contributed by atoms with Gasteiger partial charge in [-0.25, -0.2) is 9.10 Å². The maximum absolute atomic E-state index is 11.3. The average Bonchev–Trinajstić information content (AvgIpc) is 2.38. The number of anilines is 2. The summed E-state index contributed by atoms with van der Waals surface area (Å²) >= 11 is 4.15. The van der Waals surface area contributed by atoms with Gasteiger partial charge in [0.2, 0.25) is 0 Å². The number of nitrogens with zero attached hydrogens (tertiary/aromatic N) is 2. The topological polar surface area (TPSA) is 58.8 Å². The maximum Gasteiger partial charge on any atom is 0.329 e. The van der Waals surface area contributed by atoms with E-state index in [2.05, 4.69) is 17.7 Å². The normalized spacial score (nSPS) is 15.6. The molecule has 2 N–H and O–H groups in total. The van der Waals surface area contributed by atoms with E-state index >= 15 is 0 Å². The lowest BCUT2D eigenvalue weighted by Crippen LogP contribution is -2.38. The summed E-state index contributed by atoms with van der Waals surface area (Å²) in [5.74, 6) is 0. The van der Waals surface area contributed by atoms with Crippen LogP contribution in [0.3, 0.4) is 0 Å². The number of primary amides is 1. The van der Waals surface area contributed by atoms with Crippen LogP contribution in [0.5, 0.6) is 0 Å². The Morgan fingerprint density at radius 3 is 2.72 bits per heavy atom. The molecule has 0 aliphatic carbocycles. The second-order valence-electron chi connectivity index (χ2n) is 4.19. The molecule has 0 spiro atoms. The number of thiol groups is 1. The minimum absolute atomic E-state index is 0.585. The number of hydrogen-bond donors (Lipinski definition) is 2. The summed E-state index contributed by atoms with van der Waals surface area (Å²) in [6.07, 6.45) is 0. The van der Waals surface area contributed by atoms with E-state index in [-0.39, 0.29) is 0 Å². The van der Waals surface area contributed by atoms with Gasteiger partial charge in [0, 0.05) is 13.1 Å². The molecule has 98 valence electrons. The van der Waals surface area contributed by atoms with Crippen molar-refractivity contribution in [2.75, 3.05) is 35.5 Å². The van der Waals surface area contributed by atoms with E-state index in [4.69, 9.17) is 10.5 Å². The molecule has 1 saturated heterocycles. The number of rotatable bonds is 2. The van der Waals surface area contributed by atoms with Crippen molar-refractivity contribution >= 4 is 30.2 Å². The summed E-state index contributed by atoms with van der Waals surface area (Å²) in [4.78, 5) is 13.5. The highest BCUT2D eigenvalue weighted by Gasteiger charge is 2.20. The van der Waals surface area contributed by atoms with Gasteiger partial charge in [-0.15, -0.1) is 0 Å². The first kappa shape index (κ1) is 13.0. The molecule has 2 amide bonds. The number of carbonyl (C=O) groups excluding carboxylic acids is 1. The van der Waals surface area contributed by atoms with Crippen molar-refractivity contribution in [3.63, 3.8) is 0 Å². The molecule has 1 aliphatic rings. The molecule has 5 nitrogen and oxygen atoms in total. The Morgan fingerprint density at radius 1 is 1.44 bits per heavy atom. The highest BCUT2D eigenvalue weighted by molar-refractivity contribution is 7.82. The molecule has 1 aliphatic heterocycles. The molecule has 1 aromatic rings. The molecule has 0 unspecified atom stereocenters. The Balaban J connectivity index is 2.40. The van der Waals surface area contributed by atoms with E-state index < -0.39 is 6.03 Å². The molecule has 1 heterocycles. The molecular weight excluding hydrogens is 250 g/mol. The monoisotopic (exact) mass is 267 g/mol. The summed E-state index contributed by atoms with van der Waals surface area (Å²) in [5, 5.41) is 0. The van der Waals surface area contributed by atoms with Crippen LogP contribution in [-0.2, 0) is 4.74 Å². The minimum Gasteiger partial charge on any atom is -0.378 e. The molecule has 0 bridgehead atoms. The first-order chi connectivity index (χ1) is 8.61. The third kappa shape index (κ3) is 2.54. The van der Waals surface area contributed by atoms with Crippen LogP contribution in [0.4, 0.5) is 16.2 Å². The van der Waals surface area contributed by atoms with Crippen LogP contribution in [0, 0.1) is 6.92 Å². The van der Waals surface area contributed by atoms with E-state index in [1.165, 1.54) is 4.31 Å². The maximum atomic E-state index is 11.3. The summed E-state index contributed by atoms with van der Waals surface area (Å²) in [7, 11) is 0. The van der Waals surface area contributed by atoms with Crippen molar-refractivity contribution < 1.29 is 9.53 Å². The molecule has 2 rings (SSSR count). The van der Waals surface area contributed by atoms with E-state index in [0.717, 1.165) is 24.3 Å². The van der Waals surface area contributed by atoms with Gasteiger partial charge in [0.25, 0.3) is 0 Å². The number of carbonyl (C=O) groups is 1. The van der Waals surface area contributed by atoms with Crippen molar-refractivity contribution in [1.29, 1.82) is 0 Å². The molecule has 1 aromatic carbocycles. The van der Waals surface area contributed by atoms with E-state index in [1.54, 1.807) is 0 Å². The second kappa shape index (κ2) is 5.49. The average molecular weight is 267 g/mol. The van der Waals surface area contributed by atoms with Gasteiger partial charge in [-0.2, -0.15) is 0 Å². The molecule has 6 heteroatoms. The first-order valence-corrected chi connectivity index (χ1v) is 6.22. The summed E-state index contributed by atoms with van der Waals surface area (Å²) < 4.78 is 6.52. The predicted octanol–water partition coefficient (Wildman–Crippen LogP) is 1.56. The Bertz CT molecular complexity index is 447. The zero-order chi connectivity index (χ0) is 13.1. The number of benzene rings is 1. The third-order valence-electron chi connectivity index (χ3n) is 2.98. The van der Waals surface area contributed by atoms with Crippen LogP contribution >= 0.6 is 12.8 Å². The number of ether oxygens (including phenoxy) is 1.